The van der Waals surface area contributed by atoms with E-state index in [9.17, 15) is 4.39 Å². The minimum absolute atomic E-state index is 0.0412. The standard InChI is InChI=1S/C24H18BrClFN5O/c25-14-3-7-21-22(10-14)32-23(31-21)2-1-9-33-16-5-8-20-17(12-16)24(29-13-28-20)30-15-4-6-19(27)18(26)11-15/h3-8,10-13H,1-2,9H2,(H,31,32)(H,28,29,30). The predicted octanol–water partition coefficient (Wildman–Crippen LogP) is 6.82. The molecule has 0 radical (unpaired) electrons. The van der Waals surface area contributed by atoms with Crippen molar-refractivity contribution in [1.29, 1.82) is 0 Å². The fourth-order valence-electron chi connectivity index (χ4n) is 3.52. The average molecular weight is 527 g/mol. The number of H-pyrrole nitrogens is 1. The Labute approximate surface area is 202 Å². The Morgan fingerprint density at radius 1 is 1.03 bits per heavy atom. The molecule has 0 aliphatic carbocycles. The lowest BCUT2D eigenvalue weighted by molar-refractivity contribution is 0.310. The van der Waals surface area contributed by atoms with Crippen LogP contribution in [0.3, 0.4) is 0 Å². The van der Waals surface area contributed by atoms with Crippen LogP contribution in [0.25, 0.3) is 21.9 Å². The molecule has 6 nitrogen and oxygen atoms in total. The van der Waals surface area contributed by atoms with Gasteiger partial charge < -0.3 is 15.0 Å². The minimum atomic E-state index is -0.471. The van der Waals surface area contributed by atoms with Crippen LogP contribution >= 0.6 is 27.5 Å². The number of aryl methyl sites for hydroxylation is 1. The zero-order valence-corrected chi connectivity index (χ0v) is 19.6. The van der Waals surface area contributed by atoms with Gasteiger partial charge in [-0.2, -0.15) is 0 Å². The van der Waals surface area contributed by atoms with Crippen molar-refractivity contribution in [3.05, 3.63) is 82.1 Å². The first kappa shape index (κ1) is 21.6. The van der Waals surface area contributed by atoms with Gasteiger partial charge in [0.15, 0.2) is 0 Å². The summed E-state index contributed by atoms with van der Waals surface area (Å²) in [6.07, 6.45) is 3.06. The van der Waals surface area contributed by atoms with Gasteiger partial charge in [0.25, 0.3) is 0 Å². The number of fused-ring (bicyclic) bond motifs is 2. The second kappa shape index (κ2) is 9.33. The lowest BCUT2D eigenvalue weighted by atomic mass is 10.2. The van der Waals surface area contributed by atoms with Gasteiger partial charge in [0, 0.05) is 22.0 Å². The third kappa shape index (κ3) is 4.91. The summed E-state index contributed by atoms with van der Waals surface area (Å²) in [5.41, 5.74) is 3.36. The van der Waals surface area contributed by atoms with E-state index in [-0.39, 0.29) is 5.02 Å². The lowest BCUT2D eigenvalue weighted by Crippen LogP contribution is -2.01. The summed E-state index contributed by atoms with van der Waals surface area (Å²) in [5.74, 6) is 1.76. The van der Waals surface area contributed by atoms with E-state index >= 15 is 0 Å². The molecule has 3 aromatic carbocycles. The normalized spacial score (nSPS) is 11.2. The molecule has 2 aromatic heterocycles. The van der Waals surface area contributed by atoms with E-state index < -0.39 is 5.82 Å². The molecule has 0 spiro atoms. The molecule has 166 valence electrons. The first-order chi connectivity index (χ1) is 16.0. The molecule has 9 heteroatoms. The second-order valence-corrected chi connectivity index (χ2v) is 8.77. The van der Waals surface area contributed by atoms with Crippen LogP contribution < -0.4 is 10.1 Å². The molecule has 2 heterocycles. The molecular weight excluding hydrogens is 509 g/mol. The van der Waals surface area contributed by atoms with E-state index in [1.54, 1.807) is 6.07 Å². The van der Waals surface area contributed by atoms with Gasteiger partial charge in [-0.3, -0.25) is 0 Å². The molecule has 0 saturated carbocycles. The minimum Gasteiger partial charge on any atom is -0.494 e. The van der Waals surface area contributed by atoms with Crippen molar-refractivity contribution in [2.75, 3.05) is 11.9 Å². The Balaban J connectivity index is 1.26. The quantitative estimate of drug-likeness (QED) is 0.228. The molecular formula is C24H18BrClFN5O. The summed E-state index contributed by atoms with van der Waals surface area (Å²) in [6, 6.07) is 16.1. The lowest BCUT2D eigenvalue weighted by Gasteiger charge is -2.11. The summed E-state index contributed by atoms with van der Waals surface area (Å²) in [6.45, 7) is 0.538. The molecule has 0 fully saturated rings. The number of halogens is 3. The molecule has 0 aliphatic rings. The number of rotatable bonds is 7. The Hall–Kier alpha value is -3.23. The number of imidazole rings is 1. The second-order valence-electron chi connectivity index (χ2n) is 7.45. The third-order valence-corrected chi connectivity index (χ3v) is 5.89. The highest BCUT2D eigenvalue weighted by Crippen LogP contribution is 2.28. The smallest absolute Gasteiger partial charge is 0.141 e. The van der Waals surface area contributed by atoms with Gasteiger partial charge >= 0.3 is 0 Å². The topological polar surface area (TPSA) is 75.7 Å². The maximum Gasteiger partial charge on any atom is 0.141 e. The van der Waals surface area contributed by atoms with Gasteiger partial charge in [-0.25, -0.2) is 19.3 Å². The van der Waals surface area contributed by atoms with E-state index in [2.05, 4.69) is 41.2 Å². The van der Waals surface area contributed by atoms with Crippen LogP contribution in [-0.2, 0) is 6.42 Å². The van der Waals surface area contributed by atoms with Crippen molar-refractivity contribution < 1.29 is 9.13 Å². The number of hydrogen-bond donors (Lipinski definition) is 2. The van der Waals surface area contributed by atoms with E-state index in [0.29, 0.717) is 23.9 Å². The SMILES string of the molecule is Fc1ccc(Nc2ncnc3ccc(OCCCc4nc5ccc(Br)cc5[nH]4)cc23)cc1Cl. The fourth-order valence-corrected chi connectivity index (χ4v) is 4.06. The Kier molecular flexibility index (Phi) is 6.11. The number of nitrogens with one attached hydrogen (secondary N) is 2. The highest BCUT2D eigenvalue weighted by molar-refractivity contribution is 9.10. The van der Waals surface area contributed by atoms with Crippen molar-refractivity contribution in [1.82, 2.24) is 19.9 Å². The first-order valence-electron chi connectivity index (χ1n) is 10.3. The molecule has 5 rings (SSSR count). The summed E-state index contributed by atoms with van der Waals surface area (Å²) in [7, 11) is 0. The number of benzene rings is 3. The molecule has 0 saturated heterocycles. The number of hydrogen-bond acceptors (Lipinski definition) is 5. The van der Waals surface area contributed by atoms with Crippen LogP contribution in [0.5, 0.6) is 5.75 Å². The van der Waals surface area contributed by atoms with E-state index in [1.165, 1.54) is 18.5 Å². The van der Waals surface area contributed by atoms with Gasteiger partial charge in [-0.05, 0) is 61.0 Å². The van der Waals surface area contributed by atoms with Gasteiger partial charge in [-0.1, -0.05) is 27.5 Å². The molecule has 0 bridgehead atoms. The molecule has 0 amide bonds. The maximum atomic E-state index is 13.5. The zero-order chi connectivity index (χ0) is 22.8. The Bertz CT molecular complexity index is 1460. The molecule has 33 heavy (non-hydrogen) atoms. The number of anilines is 2. The summed E-state index contributed by atoms with van der Waals surface area (Å²) in [4.78, 5) is 16.6. The van der Waals surface area contributed by atoms with Crippen molar-refractivity contribution >= 4 is 61.0 Å². The Morgan fingerprint density at radius 3 is 2.79 bits per heavy atom. The van der Waals surface area contributed by atoms with Crippen LogP contribution in [0, 0.1) is 5.82 Å². The number of nitrogens with zero attached hydrogens (tertiary/aromatic N) is 3. The summed E-state index contributed by atoms with van der Waals surface area (Å²) >= 11 is 9.37. The number of aromatic amines is 1. The Morgan fingerprint density at radius 2 is 1.91 bits per heavy atom. The highest BCUT2D eigenvalue weighted by atomic mass is 79.9. The van der Waals surface area contributed by atoms with Crippen LogP contribution in [0.4, 0.5) is 15.9 Å². The van der Waals surface area contributed by atoms with Crippen molar-refractivity contribution in [2.24, 2.45) is 0 Å². The van der Waals surface area contributed by atoms with Crippen molar-refractivity contribution in [3.8, 4) is 5.75 Å². The van der Waals surface area contributed by atoms with Gasteiger partial charge in [0.05, 0.1) is 28.2 Å². The average Bonchev–Trinajstić information content (AvgIpc) is 3.21. The van der Waals surface area contributed by atoms with Crippen LogP contribution in [0.2, 0.25) is 5.02 Å². The fraction of sp³-hybridized carbons (Fsp3) is 0.125. The van der Waals surface area contributed by atoms with Crippen LogP contribution in [0.15, 0.2) is 65.4 Å². The monoisotopic (exact) mass is 525 g/mol. The van der Waals surface area contributed by atoms with E-state index in [1.807, 2.05) is 36.4 Å². The summed E-state index contributed by atoms with van der Waals surface area (Å²) in [5, 5.41) is 4.01. The predicted molar refractivity (Wildman–Crippen MR) is 132 cm³/mol. The molecule has 0 aliphatic heterocycles. The zero-order valence-electron chi connectivity index (χ0n) is 17.3. The van der Waals surface area contributed by atoms with Crippen molar-refractivity contribution in [3.63, 3.8) is 0 Å². The molecule has 5 aromatic rings. The van der Waals surface area contributed by atoms with Crippen LogP contribution in [0.1, 0.15) is 12.2 Å². The maximum absolute atomic E-state index is 13.5. The van der Waals surface area contributed by atoms with E-state index in [4.69, 9.17) is 16.3 Å². The van der Waals surface area contributed by atoms with Gasteiger partial charge in [0.1, 0.15) is 29.5 Å². The third-order valence-electron chi connectivity index (χ3n) is 5.11. The highest BCUT2D eigenvalue weighted by Gasteiger charge is 2.09. The molecule has 2 N–H and O–H groups in total. The largest absolute Gasteiger partial charge is 0.494 e. The number of ether oxygens (including phenoxy) is 1. The summed E-state index contributed by atoms with van der Waals surface area (Å²) < 4.78 is 20.4. The molecule has 0 atom stereocenters. The van der Waals surface area contributed by atoms with Gasteiger partial charge in [-0.15, -0.1) is 0 Å². The van der Waals surface area contributed by atoms with E-state index in [0.717, 1.165) is 45.1 Å². The van der Waals surface area contributed by atoms with Crippen molar-refractivity contribution in [2.45, 2.75) is 12.8 Å². The van der Waals surface area contributed by atoms with Crippen LogP contribution in [-0.4, -0.2) is 26.5 Å². The molecule has 0 unspecified atom stereocenters. The number of aromatic nitrogens is 4. The first-order valence-corrected chi connectivity index (χ1v) is 11.5. The van der Waals surface area contributed by atoms with Gasteiger partial charge in [0.2, 0.25) is 0 Å².